The normalized spacial score (nSPS) is 28.7. The molecule has 1 atom stereocenters. The highest BCUT2D eigenvalue weighted by Crippen LogP contribution is 2.28. The fraction of sp³-hybridized carbons (Fsp3) is 0.467. The smallest absolute Gasteiger partial charge is 0.287 e. The average Bonchev–Trinajstić information content (AvgIpc) is 2.92. The lowest BCUT2D eigenvalue weighted by atomic mass is 9.84. The number of hydrogen-bond donors (Lipinski definition) is 1. The minimum atomic E-state index is -0.123. The van der Waals surface area contributed by atoms with Gasteiger partial charge in [0.25, 0.3) is 5.91 Å². The number of carbonyl (C=O) groups excluding carboxylic acids is 1. The standard InChI is InChI=1S/C15H17N3O2/c19-14(13-8-11-2-1-5-16-15(11)20-13)17-12-9-18-6-3-10(12)4-7-18/h1-2,5,8,10,12H,3-4,6-7,9H2,(H,17,19). The van der Waals surface area contributed by atoms with E-state index in [2.05, 4.69) is 15.2 Å². The predicted molar refractivity (Wildman–Crippen MR) is 74.4 cm³/mol. The van der Waals surface area contributed by atoms with Crippen molar-refractivity contribution < 1.29 is 9.21 Å². The monoisotopic (exact) mass is 271 g/mol. The number of fused-ring (bicyclic) bond motifs is 4. The molecule has 5 rings (SSSR count). The topological polar surface area (TPSA) is 58.4 Å². The molecule has 5 heterocycles. The van der Waals surface area contributed by atoms with Crippen LogP contribution in [0.15, 0.2) is 28.8 Å². The molecule has 0 saturated carbocycles. The van der Waals surface area contributed by atoms with Crippen LogP contribution in [0.5, 0.6) is 0 Å². The second-order valence-electron chi connectivity index (χ2n) is 5.73. The number of nitrogens with zero attached hydrogens (tertiary/aromatic N) is 2. The molecule has 1 unspecified atom stereocenters. The van der Waals surface area contributed by atoms with Gasteiger partial charge < -0.3 is 14.6 Å². The molecule has 3 aliphatic rings. The zero-order valence-electron chi connectivity index (χ0n) is 11.2. The van der Waals surface area contributed by atoms with Gasteiger partial charge in [-0.3, -0.25) is 4.79 Å². The number of piperidine rings is 3. The number of hydrogen-bond acceptors (Lipinski definition) is 4. The maximum Gasteiger partial charge on any atom is 0.287 e. The number of amides is 1. The molecule has 3 aliphatic heterocycles. The Morgan fingerprint density at radius 2 is 2.25 bits per heavy atom. The van der Waals surface area contributed by atoms with Crippen LogP contribution in [0.25, 0.3) is 11.1 Å². The van der Waals surface area contributed by atoms with Gasteiger partial charge in [0.05, 0.1) is 0 Å². The van der Waals surface area contributed by atoms with Crippen molar-refractivity contribution >= 4 is 17.0 Å². The molecule has 1 N–H and O–H groups in total. The fourth-order valence-electron chi connectivity index (χ4n) is 3.35. The lowest BCUT2D eigenvalue weighted by molar-refractivity contribution is 0.0607. The van der Waals surface area contributed by atoms with Crippen molar-refractivity contribution in [2.45, 2.75) is 18.9 Å². The second kappa shape index (κ2) is 4.59. The van der Waals surface area contributed by atoms with Gasteiger partial charge in [-0.2, -0.15) is 0 Å². The van der Waals surface area contributed by atoms with E-state index in [0.717, 1.165) is 11.9 Å². The Kier molecular flexibility index (Phi) is 2.73. The van der Waals surface area contributed by atoms with Gasteiger partial charge in [-0.1, -0.05) is 0 Å². The Labute approximate surface area is 117 Å². The van der Waals surface area contributed by atoms with E-state index in [4.69, 9.17) is 4.42 Å². The largest absolute Gasteiger partial charge is 0.433 e. The minimum absolute atomic E-state index is 0.123. The molecule has 104 valence electrons. The average molecular weight is 271 g/mol. The highest BCUT2D eigenvalue weighted by atomic mass is 16.4. The lowest BCUT2D eigenvalue weighted by Crippen LogP contribution is -2.57. The van der Waals surface area contributed by atoms with E-state index < -0.39 is 0 Å². The summed E-state index contributed by atoms with van der Waals surface area (Å²) < 4.78 is 5.51. The SMILES string of the molecule is O=C(NC1CN2CCC1CC2)c1cc2cccnc2o1. The first-order chi connectivity index (χ1) is 9.79. The third-order valence-corrected chi connectivity index (χ3v) is 4.49. The van der Waals surface area contributed by atoms with E-state index in [1.165, 1.54) is 25.9 Å². The van der Waals surface area contributed by atoms with Gasteiger partial charge >= 0.3 is 0 Å². The molecule has 0 spiro atoms. The van der Waals surface area contributed by atoms with Gasteiger partial charge in [-0.25, -0.2) is 4.98 Å². The molecule has 0 radical (unpaired) electrons. The summed E-state index contributed by atoms with van der Waals surface area (Å²) in [5, 5.41) is 3.99. The van der Waals surface area contributed by atoms with Crippen LogP contribution < -0.4 is 5.32 Å². The fourth-order valence-corrected chi connectivity index (χ4v) is 3.35. The number of nitrogens with one attached hydrogen (secondary N) is 1. The maximum atomic E-state index is 12.3. The number of rotatable bonds is 2. The summed E-state index contributed by atoms with van der Waals surface area (Å²) in [7, 11) is 0. The molecule has 3 fully saturated rings. The van der Waals surface area contributed by atoms with Gasteiger partial charge in [-0.15, -0.1) is 0 Å². The van der Waals surface area contributed by atoms with Gasteiger partial charge in [-0.05, 0) is 50.0 Å². The van der Waals surface area contributed by atoms with Crippen molar-refractivity contribution in [1.82, 2.24) is 15.2 Å². The molecule has 5 nitrogen and oxygen atoms in total. The molecular formula is C15H17N3O2. The number of pyridine rings is 1. The summed E-state index contributed by atoms with van der Waals surface area (Å²) in [6.45, 7) is 3.31. The molecule has 1 amide bonds. The zero-order valence-corrected chi connectivity index (χ0v) is 11.2. The highest BCUT2D eigenvalue weighted by Gasteiger charge is 2.35. The molecule has 5 heteroatoms. The first-order valence-corrected chi connectivity index (χ1v) is 7.17. The lowest BCUT2D eigenvalue weighted by Gasteiger charge is -2.44. The van der Waals surface area contributed by atoms with Crippen molar-refractivity contribution in [2.24, 2.45) is 5.92 Å². The van der Waals surface area contributed by atoms with Gasteiger partial charge in [0, 0.05) is 24.2 Å². The first-order valence-electron chi connectivity index (χ1n) is 7.17. The Balaban J connectivity index is 1.52. The van der Waals surface area contributed by atoms with Gasteiger partial charge in [0.1, 0.15) is 0 Å². The van der Waals surface area contributed by atoms with Crippen molar-refractivity contribution in [2.75, 3.05) is 19.6 Å². The minimum Gasteiger partial charge on any atom is -0.433 e. The van der Waals surface area contributed by atoms with E-state index in [-0.39, 0.29) is 11.9 Å². The summed E-state index contributed by atoms with van der Waals surface area (Å²) in [6.07, 6.45) is 4.04. The van der Waals surface area contributed by atoms with Crippen LogP contribution in [-0.4, -0.2) is 41.5 Å². The first kappa shape index (κ1) is 11.9. The maximum absolute atomic E-state index is 12.3. The second-order valence-corrected chi connectivity index (χ2v) is 5.73. The number of carbonyl (C=O) groups is 1. The predicted octanol–water partition coefficient (Wildman–Crippen LogP) is 1.65. The van der Waals surface area contributed by atoms with Gasteiger partial charge in [0.15, 0.2) is 5.76 Å². The third-order valence-electron chi connectivity index (χ3n) is 4.49. The van der Waals surface area contributed by atoms with Crippen molar-refractivity contribution in [3.63, 3.8) is 0 Å². The van der Waals surface area contributed by atoms with Crippen LogP contribution in [0.1, 0.15) is 23.4 Å². The van der Waals surface area contributed by atoms with E-state index in [9.17, 15) is 4.79 Å². The third kappa shape index (κ3) is 1.98. The summed E-state index contributed by atoms with van der Waals surface area (Å²) in [6, 6.07) is 5.76. The van der Waals surface area contributed by atoms with Crippen molar-refractivity contribution in [1.29, 1.82) is 0 Å². The Morgan fingerprint density at radius 3 is 2.95 bits per heavy atom. The van der Waals surface area contributed by atoms with E-state index in [0.29, 0.717) is 17.4 Å². The summed E-state index contributed by atoms with van der Waals surface area (Å²) in [4.78, 5) is 18.8. The van der Waals surface area contributed by atoms with E-state index in [1.807, 2.05) is 12.1 Å². The summed E-state index contributed by atoms with van der Waals surface area (Å²) in [5.74, 6) is 0.850. The molecule has 2 aromatic heterocycles. The Morgan fingerprint density at radius 1 is 1.40 bits per heavy atom. The molecule has 20 heavy (non-hydrogen) atoms. The van der Waals surface area contributed by atoms with Gasteiger partial charge in [0.2, 0.25) is 5.71 Å². The van der Waals surface area contributed by atoms with Crippen LogP contribution in [0.2, 0.25) is 0 Å². The van der Waals surface area contributed by atoms with Crippen molar-refractivity contribution in [3.8, 4) is 0 Å². The molecule has 0 aliphatic carbocycles. The summed E-state index contributed by atoms with van der Waals surface area (Å²) in [5.41, 5.74) is 0.520. The highest BCUT2D eigenvalue weighted by molar-refractivity contribution is 5.95. The van der Waals surface area contributed by atoms with Crippen LogP contribution in [-0.2, 0) is 0 Å². The van der Waals surface area contributed by atoms with Crippen LogP contribution in [0.3, 0.4) is 0 Å². The quantitative estimate of drug-likeness (QED) is 0.902. The van der Waals surface area contributed by atoms with Crippen LogP contribution in [0, 0.1) is 5.92 Å². The van der Waals surface area contributed by atoms with Crippen LogP contribution >= 0.6 is 0 Å². The van der Waals surface area contributed by atoms with Crippen LogP contribution in [0.4, 0.5) is 0 Å². The molecular weight excluding hydrogens is 254 g/mol. The van der Waals surface area contributed by atoms with Crippen molar-refractivity contribution in [3.05, 3.63) is 30.2 Å². The molecule has 2 aromatic rings. The number of furan rings is 1. The zero-order chi connectivity index (χ0) is 13.5. The summed E-state index contributed by atoms with van der Waals surface area (Å²) >= 11 is 0. The number of aromatic nitrogens is 1. The molecule has 3 saturated heterocycles. The Bertz CT molecular complexity index is 610. The van der Waals surface area contributed by atoms with E-state index in [1.54, 1.807) is 12.3 Å². The Hall–Kier alpha value is -1.88. The van der Waals surface area contributed by atoms with E-state index >= 15 is 0 Å². The molecule has 2 bridgehead atoms. The molecule has 0 aromatic carbocycles.